The molecular formula is C30H35BrClN3O5S. The highest BCUT2D eigenvalue weighted by molar-refractivity contribution is 9.10. The van der Waals surface area contributed by atoms with Crippen molar-refractivity contribution in [1.29, 1.82) is 0 Å². The van der Waals surface area contributed by atoms with Gasteiger partial charge < -0.3 is 15.0 Å². The minimum atomic E-state index is -4.19. The number of nitrogens with zero attached hydrogens (tertiary/aromatic N) is 2. The van der Waals surface area contributed by atoms with Crippen LogP contribution in [0.4, 0.5) is 5.69 Å². The van der Waals surface area contributed by atoms with E-state index >= 15 is 0 Å². The van der Waals surface area contributed by atoms with Crippen LogP contribution in [-0.4, -0.2) is 50.9 Å². The predicted molar refractivity (Wildman–Crippen MR) is 166 cm³/mol. The standard InChI is InChI=1S/C30H35BrClN3O5S/c1-5-40-27-13-11-26(12-14-27)35(41(38,39)28-15-9-25(32)10-16-28)20-29(36)34(19-23-7-6-8-24(31)17-23)22(4)30(37)33-18-21(2)3/h6-17,21-22H,5,18-20H2,1-4H3,(H,33,37)/t22-/m0/s1. The molecule has 11 heteroatoms. The molecule has 0 fully saturated rings. The summed E-state index contributed by atoms with van der Waals surface area (Å²) >= 11 is 9.46. The van der Waals surface area contributed by atoms with E-state index in [-0.39, 0.29) is 29.0 Å². The van der Waals surface area contributed by atoms with Crippen LogP contribution in [0.25, 0.3) is 0 Å². The molecule has 0 aliphatic heterocycles. The van der Waals surface area contributed by atoms with Crippen LogP contribution in [-0.2, 0) is 26.2 Å². The molecule has 41 heavy (non-hydrogen) atoms. The molecule has 220 valence electrons. The van der Waals surface area contributed by atoms with Crippen molar-refractivity contribution in [2.24, 2.45) is 5.92 Å². The number of nitrogens with one attached hydrogen (secondary N) is 1. The van der Waals surface area contributed by atoms with Gasteiger partial charge in [0.05, 0.1) is 17.2 Å². The fourth-order valence-corrected chi connectivity index (χ4v) is 5.99. The average molecular weight is 665 g/mol. The van der Waals surface area contributed by atoms with Crippen molar-refractivity contribution in [3.8, 4) is 5.75 Å². The molecule has 0 saturated heterocycles. The third-order valence-corrected chi connectivity index (χ3v) is 8.74. The van der Waals surface area contributed by atoms with E-state index in [0.29, 0.717) is 23.9 Å². The first-order valence-electron chi connectivity index (χ1n) is 13.2. The molecule has 3 aromatic carbocycles. The lowest BCUT2D eigenvalue weighted by atomic mass is 10.1. The SMILES string of the molecule is CCOc1ccc(N(CC(=O)N(Cc2cccc(Br)c2)[C@@H](C)C(=O)NCC(C)C)S(=O)(=O)c2ccc(Cl)cc2)cc1. The summed E-state index contributed by atoms with van der Waals surface area (Å²) in [5.74, 6) is -0.0722. The normalized spacial score (nSPS) is 12.1. The van der Waals surface area contributed by atoms with Gasteiger partial charge in [0.15, 0.2) is 0 Å². The maximum Gasteiger partial charge on any atom is 0.264 e. The molecule has 0 aliphatic rings. The number of benzene rings is 3. The quantitative estimate of drug-likeness (QED) is 0.246. The number of rotatable bonds is 13. The Kier molecular flexibility index (Phi) is 11.6. The van der Waals surface area contributed by atoms with Crippen LogP contribution in [0, 0.1) is 5.92 Å². The van der Waals surface area contributed by atoms with E-state index < -0.39 is 28.5 Å². The van der Waals surface area contributed by atoms with E-state index in [9.17, 15) is 18.0 Å². The minimum Gasteiger partial charge on any atom is -0.494 e. The van der Waals surface area contributed by atoms with Gasteiger partial charge in [-0.25, -0.2) is 8.42 Å². The smallest absolute Gasteiger partial charge is 0.264 e. The van der Waals surface area contributed by atoms with E-state index in [2.05, 4.69) is 21.2 Å². The topological polar surface area (TPSA) is 96.0 Å². The molecule has 0 bridgehead atoms. The van der Waals surface area contributed by atoms with Crippen LogP contribution in [0.1, 0.15) is 33.3 Å². The molecule has 0 radical (unpaired) electrons. The second-order valence-electron chi connectivity index (χ2n) is 9.86. The Morgan fingerprint density at radius 2 is 1.66 bits per heavy atom. The molecule has 0 aromatic heterocycles. The first-order valence-corrected chi connectivity index (χ1v) is 15.9. The number of hydrogen-bond acceptors (Lipinski definition) is 5. The van der Waals surface area contributed by atoms with Crippen molar-refractivity contribution in [3.63, 3.8) is 0 Å². The molecule has 2 amide bonds. The lowest BCUT2D eigenvalue weighted by molar-refractivity contribution is -0.139. The average Bonchev–Trinajstić information content (AvgIpc) is 2.93. The number of halogens is 2. The minimum absolute atomic E-state index is 0.0233. The monoisotopic (exact) mass is 663 g/mol. The van der Waals surface area contributed by atoms with Crippen LogP contribution >= 0.6 is 27.5 Å². The fraction of sp³-hybridized carbons (Fsp3) is 0.333. The number of anilines is 1. The molecule has 0 saturated carbocycles. The molecule has 3 rings (SSSR count). The molecular weight excluding hydrogens is 630 g/mol. The van der Waals surface area contributed by atoms with E-state index in [1.54, 1.807) is 31.2 Å². The van der Waals surface area contributed by atoms with Crippen molar-refractivity contribution < 1.29 is 22.7 Å². The summed E-state index contributed by atoms with van der Waals surface area (Å²) in [4.78, 5) is 28.4. The lowest BCUT2D eigenvalue weighted by Gasteiger charge is -2.32. The Balaban J connectivity index is 2.02. The van der Waals surface area contributed by atoms with Crippen LogP contribution in [0.5, 0.6) is 5.75 Å². The lowest BCUT2D eigenvalue weighted by Crippen LogP contribution is -2.51. The van der Waals surface area contributed by atoms with Gasteiger partial charge in [0.1, 0.15) is 18.3 Å². The van der Waals surface area contributed by atoms with Crippen LogP contribution in [0.15, 0.2) is 82.2 Å². The number of carbonyl (C=O) groups excluding carboxylic acids is 2. The van der Waals surface area contributed by atoms with Gasteiger partial charge in [0, 0.05) is 22.6 Å². The highest BCUT2D eigenvalue weighted by Crippen LogP contribution is 2.27. The van der Waals surface area contributed by atoms with Gasteiger partial charge in [-0.05, 0) is 86.0 Å². The highest BCUT2D eigenvalue weighted by atomic mass is 79.9. The summed E-state index contributed by atoms with van der Waals surface area (Å²) in [6.07, 6.45) is 0. The van der Waals surface area contributed by atoms with Gasteiger partial charge in [0.2, 0.25) is 11.8 Å². The summed E-state index contributed by atoms with van der Waals surface area (Å²) < 4.78 is 35.2. The summed E-state index contributed by atoms with van der Waals surface area (Å²) in [7, 11) is -4.19. The van der Waals surface area contributed by atoms with Gasteiger partial charge in [-0.15, -0.1) is 0 Å². The van der Waals surface area contributed by atoms with E-state index in [1.165, 1.54) is 29.2 Å². The van der Waals surface area contributed by atoms with Crippen molar-refractivity contribution in [1.82, 2.24) is 10.2 Å². The third kappa shape index (κ3) is 8.95. The molecule has 3 aromatic rings. The Labute approximate surface area is 255 Å². The van der Waals surface area contributed by atoms with Crippen molar-refractivity contribution in [3.05, 3.63) is 87.9 Å². The van der Waals surface area contributed by atoms with Crippen molar-refractivity contribution in [2.75, 3.05) is 24.0 Å². The number of hydrogen-bond donors (Lipinski definition) is 1. The van der Waals surface area contributed by atoms with E-state index in [4.69, 9.17) is 16.3 Å². The summed E-state index contributed by atoms with van der Waals surface area (Å²) in [6, 6.07) is 18.8. The fourth-order valence-electron chi connectivity index (χ4n) is 4.00. The Morgan fingerprint density at radius 1 is 1.00 bits per heavy atom. The van der Waals surface area contributed by atoms with Gasteiger partial charge in [-0.2, -0.15) is 0 Å². The molecule has 0 aliphatic carbocycles. The zero-order valence-electron chi connectivity index (χ0n) is 23.5. The third-order valence-electron chi connectivity index (χ3n) is 6.21. The number of ether oxygens (including phenoxy) is 1. The Bertz CT molecular complexity index is 1430. The zero-order valence-corrected chi connectivity index (χ0v) is 26.7. The second-order valence-corrected chi connectivity index (χ2v) is 13.1. The summed E-state index contributed by atoms with van der Waals surface area (Å²) in [5.41, 5.74) is 1.06. The van der Waals surface area contributed by atoms with Gasteiger partial charge >= 0.3 is 0 Å². The van der Waals surface area contributed by atoms with Crippen LogP contribution < -0.4 is 14.4 Å². The molecule has 1 atom stereocenters. The van der Waals surface area contributed by atoms with Gasteiger partial charge in [-0.3, -0.25) is 13.9 Å². The molecule has 0 unspecified atom stereocenters. The first-order chi connectivity index (χ1) is 19.4. The number of amides is 2. The highest BCUT2D eigenvalue weighted by Gasteiger charge is 2.32. The largest absolute Gasteiger partial charge is 0.494 e. The number of carbonyl (C=O) groups is 2. The van der Waals surface area contributed by atoms with Crippen LogP contribution in [0.3, 0.4) is 0 Å². The Morgan fingerprint density at radius 3 is 2.24 bits per heavy atom. The second kappa shape index (κ2) is 14.7. The Hall–Kier alpha value is -3.08. The summed E-state index contributed by atoms with van der Waals surface area (Å²) in [6.45, 7) is 7.92. The van der Waals surface area contributed by atoms with E-state index in [1.807, 2.05) is 45.0 Å². The summed E-state index contributed by atoms with van der Waals surface area (Å²) in [5, 5.41) is 3.26. The molecule has 8 nitrogen and oxygen atoms in total. The molecule has 1 N–H and O–H groups in total. The predicted octanol–water partition coefficient (Wildman–Crippen LogP) is 5.89. The van der Waals surface area contributed by atoms with Crippen LogP contribution in [0.2, 0.25) is 5.02 Å². The first kappa shape index (κ1) is 32.4. The van der Waals surface area contributed by atoms with Gasteiger partial charge in [0.25, 0.3) is 10.0 Å². The number of sulfonamides is 1. The maximum absolute atomic E-state index is 14.0. The molecule has 0 spiro atoms. The van der Waals surface area contributed by atoms with Crippen molar-refractivity contribution >= 4 is 55.1 Å². The van der Waals surface area contributed by atoms with Gasteiger partial charge in [-0.1, -0.05) is 53.5 Å². The molecule has 0 heterocycles. The maximum atomic E-state index is 14.0. The van der Waals surface area contributed by atoms with Crippen molar-refractivity contribution in [2.45, 2.75) is 45.2 Å². The zero-order chi connectivity index (χ0) is 30.2. The van der Waals surface area contributed by atoms with E-state index in [0.717, 1.165) is 14.3 Å².